The summed E-state index contributed by atoms with van der Waals surface area (Å²) in [7, 11) is 0. The van der Waals surface area contributed by atoms with Gasteiger partial charge in [0.25, 0.3) is 0 Å². The second kappa shape index (κ2) is 5.79. The molecule has 0 spiro atoms. The molecule has 5 rings (SSSR count). The van der Waals surface area contributed by atoms with Crippen molar-refractivity contribution in [2.75, 3.05) is 6.54 Å². The Balaban J connectivity index is 1.52. The molecule has 1 aromatic rings. The molecule has 0 aromatic carbocycles. The first-order valence-electron chi connectivity index (χ1n) is 9.09. The Morgan fingerprint density at radius 3 is 2.43 bits per heavy atom. The Hall–Kier alpha value is -0.760. The van der Waals surface area contributed by atoms with Gasteiger partial charge in [0.2, 0.25) is 0 Å². The first kappa shape index (κ1) is 13.9. The molecule has 4 bridgehead atoms. The molecule has 2 heteroatoms. The van der Waals surface area contributed by atoms with Crippen LogP contribution in [-0.4, -0.2) is 12.6 Å². The molecule has 1 atom stereocenters. The summed E-state index contributed by atoms with van der Waals surface area (Å²) in [5.74, 6) is 6.18. The first-order chi connectivity index (χ1) is 10.3. The summed E-state index contributed by atoms with van der Waals surface area (Å²) in [6.45, 7) is 3.42. The maximum absolute atomic E-state index is 5.65. The molecule has 21 heavy (non-hydrogen) atoms. The minimum atomic E-state index is 0.631. The molecule has 2 nitrogen and oxygen atoms in total. The van der Waals surface area contributed by atoms with Crippen LogP contribution in [0.2, 0.25) is 0 Å². The molecule has 1 aromatic heterocycles. The fourth-order valence-corrected chi connectivity index (χ4v) is 5.94. The van der Waals surface area contributed by atoms with Gasteiger partial charge in [-0.15, -0.1) is 0 Å². The highest BCUT2D eigenvalue weighted by molar-refractivity contribution is 5.06. The molecule has 1 unspecified atom stereocenters. The van der Waals surface area contributed by atoms with Gasteiger partial charge in [0.15, 0.2) is 0 Å². The Bertz CT molecular complexity index is 424. The molecule has 0 aliphatic heterocycles. The van der Waals surface area contributed by atoms with Gasteiger partial charge < -0.3 is 9.73 Å². The smallest absolute Gasteiger partial charge is 0.105 e. The molecule has 4 aliphatic rings. The second-order valence-electron chi connectivity index (χ2n) is 7.85. The van der Waals surface area contributed by atoms with Gasteiger partial charge in [-0.2, -0.15) is 0 Å². The summed E-state index contributed by atoms with van der Waals surface area (Å²) in [5.41, 5.74) is 0. The van der Waals surface area contributed by atoms with Crippen LogP contribution in [0.4, 0.5) is 0 Å². The highest BCUT2D eigenvalue weighted by atomic mass is 16.3. The zero-order valence-corrected chi connectivity index (χ0v) is 13.3. The number of nitrogens with one attached hydrogen (secondary N) is 1. The van der Waals surface area contributed by atoms with Crippen molar-refractivity contribution in [3.8, 4) is 0 Å². The molecule has 4 saturated carbocycles. The average molecular weight is 287 g/mol. The van der Waals surface area contributed by atoms with Crippen LogP contribution in [0.25, 0.3) is 0 Å². The Kier molecular flexibility index (Phi) is 3.83. The number of furan rings is 1. The summed E-state index contributed by atoms with van der Waals surface area (Å²) in [6.07, 6.45) is 11.7. The zero-order chi connectivity index (χ0) is 14.2. The van der Waals surface area contributed by atoms with Crippen LogP contribution in [0.15, 0.2) is 22.8 Å². The molecule has 0 radical (unpaired) electrons. The van der Waals surface area contributed by atoms with E-state index in [1.54, 1.807) is 6.42 Å². The summed E-state index contributed by atoms with van der Waals surface area (Å²) < 4.78 is 5.65. The van der Waals surface area contributed by atoms with E-state index >= 15 is 0 Å². The number of hydrogen-bond acceptors (Lipinski definition) is 2. The molecular weight excluding hydrogens is 258 g/mol. The maximum Gasteiger partial charge on any atom is 0.105 e. The van der Waals surface area contributed by atoms with Crippen molar-refractivity contribution in [1.82, 2.24) is 5.32 Å². The third-order valence-electron chi connectivity index (χ3n) is 6.42. The summed E-state index contributed by atoms with van der Waals surface area (Å²) in [4.78, 5) is 0. The van der Waals surface area contributed by atoms with E-state index in [4.69, 9.17) is 4.42 Å². The summed E-state index contributed by atoms with van der Waals surface area (Å²) in [5, 5.41) is 3.88. The van der Waals surface area contributed by atoms with Gasteiger partial charge in [-0.05, 0) is 86.8 Å². The topological polar surface area (TPSA) is 25.2 Å². The minimum Gasteiger partial charge on any atom is -0.469 e. The Morgan fingerprint density at radius 2 is 1.86 bits per heavy atom. The minimum absolute atomic E-state index is 0.631. The van der Waals surface area contributed by atoms with E-state index in [0.29, 0.717) is 6.04 Å². The van der Waals surface area contributed by atoms with Gasteiger partial charge in [-0.1, -0.05) is 6.92 Å². The molecule has 0 amide bonds. The van der Waals surface area contributed by atoms with E-state index in [9.17, 15) is 0 Å². The van der Waals surface area contributed by atoms with Crippen molar-refractivity contribution in [3.63, 3.8) is 0 Å². The third kappa shape index (κ3) is 2.67. The maximum atomic E-state index is 5.65. The van der Waals surface area contributed by atoms with Crippen LogP contribution in [-0.2, 0) is 6.42 Å². The van der Waals surface area contributed by atoms with Crippen molar-refractivity contribution in [1.29, 1.82) is 0 Å². The van der Waals surface area contributed by atoms with E-state index in [0.717, 1.165) is 48.3 Å². The van der Waals surface area contributed by atoms with Crippen molar-refractivity contribution >= 4 is 0 Å². The van der Waals surface area contributed by atoms with Crippen molar-refractivity contribution < 1.29 is 4.42 Å². The van der Waals surface area contributed by atoms with Gasteiger partial charge in [0.05, 0.1) is 6.26 Å². The number of rotatable bonds is 6. The van der Waals surface area contributed by atoms with Crippen LogP contribution >= 0.6 is 0 Å². The molecular formula is C19H29NO. The van der Waals surface area contributed by atoms with E-state index in [1.165, 1.54) is 32.1 Å². The Morgan fingerprint density at radius 1 is 1.14 bits per heavy atom. The molecule has 1 N–H and O–H groups in total. The summed E-state index contributed by atoms with van der Waals surface area (Å²) >= 11 is 0. The van der Waals surface area contributed by atoms with Gasteiger partial charge in [0, 0.05) is 12.5 Å². The van der Waals surface area contributed by atoms with Crippen molar-refractivity contribution in [2.24, 2.45) is 29.6 Å². The monoisotopic (exact) mass is 287 g/mol. The summed E-state index contributed by atoms with van der Waals surface area (Å²) in [6, 6.07) is 4.81. The standard InChI is InChI=1S/C19H29NO/c1-2-5-20-18(12-17-4-3-6-21-17)19-15-8-13-7-14(10-15)11-16(19)9-13/h3-4,6,13-16,18-20H,2,5,7-12H2,1H3. The van der Waals surface area contributed by atoms with Crippen LogP contribution in [0.5, 0.6) is 0 Å². The lowest BCUT2D eigenvalue weighted by atomic mass is 9.50. The molecule has 4 aliphatic carbocycles. The molecule has 4 fully saturated rings. The van der Waals surface area contributed by atoms with Crippen LogP contribution in [0.1, 0.15) is 51.2 Å². The van der Waals surface area contributed by atoms with E-state index in [-0.39, 0.29) is 0 Å². The highest BCUT2D eigenvalue weighted by Gasteiger charge is 2.50. The predicted octanol–water partition coefficient (Wildman–Crippen LogP) is 4.26. The number of hydrogen-bond donors (Lipinski definition) is 1. The Labute approximate surface area is 128 Å². The van der Waals surface area contributed by atoms with Crippen LogP contribution < -0.4 is 5.32 Å². The fraction of sp³-hybridized carbons (Fsp3) is 0.789. The first-order valence-corrected chi connectivity index (χ1v) is 9.09. The predicted molar refractivity (Wildman–Crippen MR) is 85.0 cm³/mol. The van der Waals surface area contributed by atoms with E-state index in [2.05, 4.69) is 18.3 Å². The average Bonchev–Trinajstić information content (AvgIpc) is 2.96. The van der Waals surface area contributed by atoms with Crippen LogP contribution in [0.3, 0.4) is 0 Å². The normalized spacial score (nSPS) is 38.8. The lowest BCUT2D eigenvalue weighted by Gasteiger charge is -2.56. The quantitative estimate of drug-likeness (QED) is 0.845. The highest BCUT2D eigenvalue weighted by Crippen LogP contribution is 2.57. The van der Waals surface area contributed by atoms with E-state index in [1.807, 2.05) is 12.3 Å². The zero-order valence-electron chi connectivity index (χ0n) is 13.3. The second-order valence-corrected chi connectivity index (χ2v) is 7.85. The van der Waals surface area contributed by atoms with Gasteiger partial charge in [-0.3, -0.25) is 0 Å². The van der Waals surface area contributed by atoms with Gasteiger partial charge >= 0.3 is 0 Å². The molecule has 116 valence electrons. The van der Waals surface area contributed by atoms with Crippen LogP contribution in [0, 0.1) is 29.6 Å². The third-order valence-corrected chi connectivity index (χ3v) is 6.42. The molecule has 0 saturated heterocycles. The fourth-order valence-electron chi connectivity index (χ4n) is 5.94. The van der Waals surface area contributed by atoms with Gasteiger partial charge in [0.1, 0.15) is 5.76 Å². The van der Waals surface area contributed by atoms with Crippen molar-refractivity contribution in [3.05, 3.63) is 24.2 Å². The van der Waals surface area contributed by atoms with E-state index < -0.39 is 0 Å². The lowest BCUT2D eigenvalue weighted by molar-refractivity contribution is -0.0522. The molecule has 1 heterocycles. The van der Waals surface area contributed by atoms with Crippen molar-refractivity contribution in [2.45, 2.75) is 57.9 Å². The SMILES string of the molecule is CCCNC(Cc1ccco1)C1C2CC3CC(C2)CC1C3. The van der Waals surface area contributed by atoms with Gasteiger partial charge in [-0.25, -0.2) is 0 Å². The lowest BCUT2D eigenvalue weighted by Crippen LogP contribution is -2.53. The largest absolute Gasteiger partial charge is 0.469 e.